The third-order valence-corrected chi connectivity index (χ3v) is 5.12. The van der Waals surface area contributed by atoms with E-state index in [1.165, 1.54) is 24.5 Å². The lowest BCUT2D eigenvalue weighted by Crippen LogP contribution is -2.15. The van der Waals surface area contributed by atoms with Gasteiger partial charge in [0, 0.05) is 24.5 Å². The van der Waals surface area contributed by atoms with Crippen molar-refractivity contribution in [3.63, 3.8) is 0 Å². The van der Waals surface area contributed by atoms with E-state index in [9.17, 15) is 12.8 Å². The van der Waals surface area contributed by atoms with Crippen LogP contribution in [-0.4, -0.2) is 24.4 Å². The second-order valence-electron chi connectivity index (χ2n) is 5.21. The Balaban J connectivity index is 2.23. The maximum atomic E-state index is 14.2. The van der Waals surface area contributed by atoms with E-state index in [0.717, 1.165) is 9.54 Å². The molecule has 0 aliphatic rings. The van der Waals surface area contributed by atoms with Crippen LogP contribution in [0.5, 0.6) is 0 Å². The van der Waals surface area contributed by atoms with Gasteiger partial charge in [-0.1, -0.05) is 18.2 Å². The van der Waals surface area contributed by atoms with Gasteiger partial charge >= 0.3 is 0 Å². The lowest BCUT2D eigenvalue weighted by Gasteiger charge is -2.10. The lowest BCUT2D eigenvalue weighted by molar-refractivity contribution is 0.583. The third-order valence-electron chi connectivity index (χ3n) is 3.53. The summed E-state index contributed by atoms with van der Waals surface area (Å²) < 4.78 is 41.1. The summed E-state index contributed by atoms with van der Waals surface area (Å²) in [4.78, 5) is 3.92. The molecular formula is C17H16FN3O2S. The molecule has 3 aromatic rings. The highest BCUT2D eigenvalue weighted by atomic mass is 32.2. The highest BCUT2D eigenvalue weighted by Crippen LogP contribution is 2.28. The van der Waals surface area contributed by atoms with E-state index in [-0.39, 0.29) is 16.3 Å². The maximum Gasteiger partial charge on any atom is 0.285 e. The molecule has 3 rings (SSSR count). The van der Waals surface area contributed by atoms with Gasteiger partial charge in [0.05, 0.1) is 5.69 Å². The first-order valence-electron chi connectivity index (χ1n) is 7.31. The summed E-state index contributed by atoms with van der Waals surface area (Å²) in [6.07, 6.45) is 2.90. The van der Waals surface area contributed by atoms with Crippen LogP contribution in [0.3, 0.4) is 0 Å². The molecule has 0 saturated heterocycles. The molecular weight excluding hydrogens is 329 g/mol. The van der Waals surface area contributed by atoms with Crippen molar-refractivity contribution in [1.29, 1.82) is 0 Å². The molecule has 0 aliphatic heterocycles. The zero-order chi connectivity index (χ0) is 17.2. The molecule has 5 nitrogen and oxygen atoms in total. The number of pyridine rings is 1. The zero-order valence-electron chi connectivity index (χ0n) is 13.0. The van der Waals surface area contributed by atoms with Crippen molar-refractivity contribution < 1.29 is 12.8 Å². The van der Waals surface area contributed by atoms with Crippen LogP contribution >= 0.6 is 0 Å². The summed E-state index contributed by atoms with van der Waals surface area (Å²) in [6, 6.07) is 12.4. The standard InChI is InChI=1S/C17H16FN3O2S/c1-19-11-13-10-16(14-6-2-3-7-15(14)18)21(12-13)24(22,23)17-8-4-5-9-20-17/h2-10,12,19H,11H2,1H3. The summed E-state index contributed by atoms with van der Waals surface area (Å²) in [7, 11) is -2.16. The number of hydrogen-bond donors (Lipinski definition) is 1. The number of nitrogens with zero attached hydrogens (tertiary/aromatic N) is 2. The molecule has 7 heteroatoms. The molecule has 1 N–H and O–H groups in total. The number of nitrogens with one attached hydrogen (secondary N) is 1. The normalized spacial score (nSPS) is 11.6. The third kappa shape index (κ3) is 2.95. The first-order chi connectivity index (χ1) is 11.5. The molecule has 24 heavy (non-hydrogen) atoms. The molecule has 0 spiro atoms. The average Bonchev–Trinajstić information content (AvgIpc) is 3.01. The lowest BCUT2D eigenvalue weighted by atomic mass is 10.1. The Hall–Kier alpha value is -2.51. The van der Waals surface area contributed by atoms with Gasteiger partial charge in [-0.3, -0.25) is 0 Å². The van der Waals surface area contributed by atoms with Crippen LogP contribution in [0.25, 0.3) is 11.3 Å². The van der Waals surface area contributed by atoms with E-state index in [1.807, 2.05) is 0 Å². The maximum absolute atomic E-state index is 14.2. The highest BCUT2D eigenvalue weighted by Gasteiger charge is 2.23. The molecule has 124 valence electrons. The first kappa shape index (κ1) is 16.4. The van der Waals surface area contributed by atoms with E-state index >= 15 is 0 Å². The Morgan fingerprint density at radius 1 is 1.17 bits per heavy atom. The van der Waals surface area contributed by atoms with Crippen molar-refractivity contribution in [2.45, 2.75) is 11.6 Å². The number of halogens is 1. The highest BCUT2D eigenvalue weighted by molar-refractivity contribution is 7.90. The molecule has 2 aromatic heterocycles. The van der Waals surface area contributed by atoms with Crippen LogP contribution in [0.1, 0.15) is 5.56 Å². The van der Waals surface area contributed by atoms with E-state index < -0.39 is 15.8 Å². The predicted octanol–water partition coefficient (Wildman–Crippen LogP) is 2.65. The fourth-order valence-corrected chi connectivity index (χ4v) is 3.79. The fraction of sp³-hybridized carbons (Fsp3) is 0.118. The van der Waals surface area contributed by atoms with Crippen molar-refractivity contribution >= 4 is 10.0 Å². The topological polar surface area (TPSA) is 64.0 Å². The molecule has 0 unspecified atom stereocenters. The van der Waals surface area contributed by atoms with Gasteiger partial charge in [-0.15, -0.1) is 0 Å². The number of rotatable bonds is 5. The van der Waals surface area contributed by atoms with Crippen LogP contribution in [-0.2, 0) is 16.6 Å². The Kier molecular flexibility index (Phi) is 4.46. The second kappa shape index (κ2) is 6.54. The summed E-state index contributed by atoms with van der Waals surface area (Å²) in [6.45, 7) is 0.464. The average molecular weight is 345 g/mol. The van der Waals surface area contributed by atoms with Gasteiger partial charge in [0.25, 0.3) is 10.0 Å². The Morgan fingerprint density at radius 3 is 2.58 bits per heavy atom. The second-order valence-corrected chi connectivity index (χ2v) is 6.97. The molecule has 0 atom stereocenters. The minimum Gasteiger partial charge on any atom is -0.316 e. The zero-order valence-corrected chi connectivity index (χ0v) is 13.8. The minimum absolute atomic E-state index is 0.0887. The van der Waals surface area contributed by atoms with E-state index in [1.54, 1.807) is 43.4 Å². The summed E-state index contributed by atoms with van der Waals surface area (Å²) in [5.74, 6) is -0.482. The molecule has 0 saturated carbocycles. The quantitative estimate of drug-likeness (QED) is 0.772. The van der Waals surface area contributed by atoms with Crippen molar-refractivity contribution in [3.05, 3.63) is 72.3 Å². The van der Waals surface area contributed by atoms with Crippen molar-refractivity contribution in [3.8, 4) is 11.3 Å². The largest absolute Gasteiger partial charge is 0.316 e. The van der Waals surface area contributed by atoms with Gasteiger partial charge < -0.3 is 5.32 Å². The fourth-order valence-electron chi connectivity index (χ4n) is 2.46. The van der Waals surface area contributed by atoms with E-state index in [4.69, 9.17) is 0 Å². The SMILES string of the molecule is CNCc1cc(-c2ccccc2F)n(S(=O)(=O)c2ccccn2)c1. The molecule has 0 radical (unpaired) electrons. The predicted molar refractivity (Wildman–Crippen MR) is 89.4 cm³/mol. The van der Waals surface area contributed by atoms with E-state index in [0.29, 0.717) is 6.54 Å². The Morgan fingerprint density at radius 2 is 1.92 bits per heavy atom. The summed E-state index contributed by atoms with van der Waals surface area (Å²) in [5, 5.41) is 2.88. The first-order valence-corrected chi connectivity index (χ1v) is 8.75. The smallest absolute Gasteiger partial charge is 0.285 e. The van der Waals surface area contributed by atoms with Crippen LogP contribution in [0.15, 0.2) is 66.0 Å². The van der Waals surface area contributed by atoms with Crippen LogP contribution < -0.4 is 5.32 Å². The molecule has 0 fully saturated rings. The molecule has 0 amide bonds. The molecule has 0 bridgehead atoms. The Labute approximate surface area is 139 Å². The van der Waals surface area contributed by atoms with Crippen LogP contribution in [0.4, 0.5) is 4.39 Å². The van der Waals surface area contributed by atoms with Gasteiger partial charge in [-0.2, -0.15) is 8.42 Å². The van der Waals surface area contributed by atoms with Gasteiger partial charge in [-0.05, 0) is 42.9 Å². The van der Waals surface area contributed by atoms with Gasteiger partial charge in [0.15, 0.2) is 5.03 Å². The minimum atomic E-state index is -3.92. The Bertz CT molecular complexity index is 953. The molecule has 1 aromatic carbocycles. The monoisotopic (exact) mass is 345 g/mol. The summed E-state index contributed by atoms with van der Waals surface area (Å²) >= 11 is 0. The van der Waals surface area contributed by atoms with Crippen molar-refractivity contribution in [2.24, 2.45) is 0 Å². The van der Waals surface area contributed by atoms with Crippen molar-refractivity contribution in [2.75, 3.05) is 7.05 Å². The van der Waals surface area contributed by atoms with E-state index in [2.05, 4.69) is 10.3 Å². The van der Waals surface area contributed by atoms with Gasteiger partial charge in [0.1, 0.15) is 5.82 Å². The number of benzene rings is 1. The molecule has 2 heterocycles. The van der Waals surface area contributed by atoms with Crippen LogP contribution in [0, 0.1) is 5.82 Å². The number of hydrogen-bond acceptors (Lipinski definition) is 4. The van der Waals surface area contributed by atoms with Crippen molar-refractivity contribution in [1.82, 2.24) is 14.3 Å². The van der Waals surface area contributed by atoms with Crippen LogP contribution in [0.2, 0.25) is 0 Å². The van der Waals surface area contributed by atoms with Gasteiger partial charge in [0.2, 0.25) is 0 Å². The number of aromatic nitrogens is 2. The summed E-state index contributed by atoms with van der Waals surface area (Å²) in [5.41, 5.74) is 1.22. The van der Waals surface area contributed by atoms with Gasteiger partial charge in [-0.25, -0.2) is 13.3 Å². The molecule has 0 aliphatic carbocycles.